The van der Waals surface area contributed by atoms with Gasteiger partial charge in [-0.2, -0.15) is 0 Å². The summed E-state index contributed by atoms with van der Waals surface area (Å²) >= 11 is 6.62. The van der Waals surface area contributed by atoms with Crippen LogP contribution in [-0.4, -0.2) is 18.0 Å². The highest BCUT2D eigenvalue weighted by atomic mass is 35.5. The van der Waals surface area contributed by atoms with Gasteiger partial charge in [0.05, 0.1) is 18.2 Å². The summed E-state index contributed by atoms with van der Waals surface area (Å²) in [6.45, 7) is 0. The van der Waals surface area contributed by atoms with Crippen molar-refractivity contribution in [1.82, 2.24) is 4.98 Å². The first-order valence-corrected chi connectivity index (χ1v) is 9.92. The lowest BCUT2D eigenvalue weighted by Gasteiger charge is -2.38. The van der Waals surface area contributed by atoms with E-state index in [1.807, 2.05) is 78.9 Å². The Bertz CT molecular complexity index is 1260. The minimum absolute atomic E-state index is 0.0950. The van der Waals surface area contributed by atoms with Crippen molar-refractivity contribution in [2.75, 3.05) is 17.3 Å². The van der Waals surface area contributed by atoms with Crippen molar-refractivity contribution in [2.45, 2.75) is 6.17 Å². The van der Waals surface area contributed by atoms with Gasteiger partial charge in [-0.05, 0) is 48.5 Å². The van der Waals surface area contributed by atoms with Crippen molar-refractivity contribution in [3.05, 3.63) is 95.1 Å². The second-order valence-electron chi connectivity index (χ2n) is 7.03. The number of hydrogen-bond acceptors (Lipinski definition) is 4. The molecule has 0 aliphatic carbocycles. The number of anilines is 2. The molecule has 1 N–H and O–H groups in total. The molecule has 1 amide bonds. The second-order valence-corrected chi connectivity index (χ2v) is 7.39. The molecule has 0 saturated carbocycles. The number of nitrogens with one attached hydrogen (secondary N) is 1. The normalized spacial score (nSPS) is 15.6. The van der Waals surface area contributed by atoms with E-state index in [4.69, 9.17) is 16.3 Å². The molecular weight excluding hydrogens is 398 g/mol. The summed E-state index contributed by atoms with van der Waals surface area (Å²) in [4.78, 5) is 19.8. The molecule has 1 unspecified atom stereocenters. The monoisotopic (exact) mass is 415 g/mol. The first-order chi connectivity index (χ1) is 14.7. The summed E-state index contributed by atoms with van der Waals surface area (Å²) < 4.78 is 5.35. The Morgan fingerprint density at radius 1 is 1.00 bits per heavy atom. The molecule has 1 aliphatic rings. The number of benzene rings is 3. The van der Waals surface area contributed by atoms with Crippen LogP contribution in [0.3, 0.4) is 0 Å². The summed E-state index contributed by atoms with van der Waals surface area (Å²) in [5.41, 5.74) is 3.63. The molecule has 3 aromatic carbocycles. The molecule has 30 heavy (non-hydrogen) atoms. The average molecular weight is 416 g/mol. The van der Waals surface area contributed by atoms with Crippen LogP contribution in [0.5, 0.6) is 5.75 Å². The summed E-state index contributed by atoms with van der Waals surface area (Å²) in [5, 5.41) is 4.71. The molecule has 1 aromatic heterocycles. The quantitative estimate of drug-likeness (QED) is 0.438. The molecule has 0 radical (unpaired) electrons. The van der Waals surface area contributed by atoms with Crippen LogP contribution in [-0.2, 0) is 0 Å². The standard InChI is InChI=1S/C24H18ClN3O2/c1-30-17-11-12-20-15(13-17)14-19(22(25)26-20)23-27-21-10-6-5-9-18(21)24(29)28(23)16-7-3-2-4-8-16/h2-14,23,27H,1H3. The number of nitrogens with zero attached hydrogens (tertiary/aromatic N) is 2. The average Bonchev–Trinajstić information content (AvgIpc) is 2.79. The second kappa shape index (κ2) is 7.35. The lowest BCUT2D eigenvalue weighted by molar-refractivity contribution is 0.0975. The van der Waals surface area contributed by atoms with Gasteiger partial charge in [0.15, 0.2) is 0 Å². The zero-order chi connectivity index (χ0) is 20.7. The number of aromatic nitrogens is 1. The first kappa shape index (κ1) is 18.5. The predicted molar refractivity (Wildman–Crippen MR) is 119 cm³/mol. The van der Waals surface area contributed by atoms with Crippen LogP contribution in [0.4, 0.5) is 11.4 Å². The maximum absolute atomic E-state index is 13.5. The van der Waals surface area contributed by atoms with Crippen molar-refractivity contribution in [1.29, 1.82) is 0 Å². The molecule has 0 bridgehead atoms. The van der Waals surface area contributed by atoms with Crippen molar-refractivity contribution >= 4 is 39.8 Å². The Morgan fingerprint density at radius 2 is 1.77 bits per heavy atom. The summed E-state index contributed by atoms with van der Waals surface area (Å²) in [6, 6.07) is 24.6. The summed E-state index contributed by atoms with van der Waals surface area (Å²) in [5.74, 6) is 0.637. The van der Waals surface area contributed by atoms with E-state index in [9.17, 15) is 4.79 Å². The van der Waals surface area contributed by atoms with Gasteiger partial charge in [0.1, 0.15) is 17.1 Å². The number of amides is 1. The topological polar surface area (TPSA) is 54.5 Å². The number of carbonyl (C=O) groups is 1. The molecule has 1 aliphatic heterocycles. The summed E-state index contributed by atoms with van der Waals surface area (Å²) in [6.07, 6.45) is -0.509. The first-order valence-electron chi connectivity index (χ1n) is 9.54. The number of carbonyl (C=O) groups excluding carboxylic acids is 1. The van der Waals surface area contributed by atoms with Crippen LogP contribution in [0, 0.1) is 0 Å². The lowest BCUT2D eigenvalue weighted by Crippen LogP contribution is -2.43. The van der Waals surface area contributed by atoms with Crippen LogP contribution < -0.4 is 15.0 Å². The van der Waals surface area contributed by atoms with Gasteiger partial charge in [0.25, 0.3) is 5.91 Å². The van der Waals surface area contributed by atoms with E-state index in [1.54, 1.807) is 12.0 Å². The SMILES string of the molecule is COc1ccc2nc(Cl)c(C3Nc4ccccc4C(=O)N3c3ccccc3)cc2c1. The van der Waals surface area contributed by atoms with Crippen LogP contribution in [0.1, 0.15) is 22.1 Å². The third-order valence-electron chi connectivity index (χ3n) is 5.26. The fourth-order valence-electron chi connectivity index (χ4n) is 3.79. The number of para-hydroxylation sites is 2. The summed E-state index contributed by atoms with van der Waals surface area (Å²) in [7, 11) is 1.63. The molecule has 1 atom stereocenters. The van der Waals surface area contributed by atoms with Crippen LogP contribution in [0.15, 0.2) is 78.9 Å². The Kier molecular flexibility index (Phi) is 4.52. The van der Waals surface area contributed by atoms with Crippen molar-refractivity contribution < 1.29 is 9.53 Å². The molecule has 0 fully saturated rings. The number of rotatable bonds is 3. The van der Waals surface area contributed by atoms with E-state index in [-0.39, 0.29) is 5.91 Å². The number of pyridine rings is 1. The molecule has 5 rings (SSSR count). The van der Waals surface area contributed by atoms with E-state index in [0.717, 1.165) is 28.0 Å². The number of hydrogen-bond donors (Lipinski definition) is 1. The van der Waals surface area contributed by atoms with Crippen molar-refractivity contribution in [3.8, 4) is 5.75 Å². The highest BCUT2D eigenvalue weighted by molar-refractivity contribution is 6.31. The van der Waals surface area contributed by atoms with Crippen molar-refractivity contribution in [3.63, 3.8) is 0 Å². The van der Waals surface area contributed by atoms with Crippen LogP contribution in [0.2, 0.25) is 5.15 Å². The highest BCUT2D eigenvalue weighted by Gasteiger charge is 2.35. The third kappa shape index (κ3) is 3.04. The van der Waals surface area contributed by atoms with Gasteiger partial charge in [-0.3, -0.25) is 9.69 Å². The highest BCUT2D eigenvalue weighted by Crippen LogP contribution is 2.39. The van der Waals surface area contributed by atoms with Gasteiger partial charge in [-0.15, -0.1) is 0 Å². The number of halogens is 1. The molecule has 6 heteroatoms. The Labute approximate surface area is 178 Å². The minimum Gasteiger partial charge on any atom is -0.497 e. The minimum atomic E-state index is -0.509. The number of ether oxygens (including phenoxy) is 1. The van der Waals surface area contributed by atoms with Crippen LogP contribution in [0.25, 0.3) is 10.9 Å². The zero-order valence-corrected chi connectivity index (χ0v) is 16.9. The van der Waals surface area contributed by atoms with E-state index in [2.05, 4.69) is 10.3 Å². The molecule has 2 heterocycles. The zero-order valence-electron chi connectivity index (χ0n) is 16.2. The maximum Gasteiger partial charge on any atom is 0.262 e. The van der Waals surface area contributed by atoms with Gasteiger partial charge in [0.2, 0.25) is 0 Å². The molecule has 148 valence electrons. The van der Waals surface area contributed by atoms with E-state index in [0.29, 0.717) is 16.3 Å². The smallest absolute Gasteiger partial charge is 0.262 e. The van der Waals surface area contributed by atoms with Gasteiger partial charge < -0.3 is 10.1 Å². The third-order valence-corrected chi connectivity index (χ3v) is 5.56. The molecular formula is C24H18ClN3O2. The number of methoxy groups -OCH3 is 1. The van der Waals surface area contributed by atoms with E-state index in [1.165, 1.54) is 0 Å². The van der Waals surface area contributed by atoms with Crippen molar-refractivity contribution in [2.24, 2.45) is 0 Å². The molecule has 4 aromatic rings. The molecule has 0 saturated heterocycles. The van der Waals surface area contributed by atoms with Crippen LogP contribution >= 0.6 is 11.6 Å². The largest absolute Gasteiger partial charge is 0.497 e. The Hall–Kier alpha value is -3.57. The van der Waals surface area contributed by atoms with Gasteiger partial charge in [-0.1, -0.05) is 41.9 Å². The van der Waals surface area contributed by atoms with Gasteiger partial charge >= 0.3 is 0 Å². The Morgan fingerprint density at radius 3 is 2.57 bits per heavy atom. The molecule has 5 nitrogen and oxygen atoms in total. The Balaban J connectivity index is 1.71. The lowest BCUT2D eigenvalue weighted by atomic mass is 10.0. The van der Waals surface area contributed by atoms with Gasteiger partial charge in [0, 0.05) is 22.3 Å². The maximum atomic E-state index is 13.5. The fraction of sp³-hybridized carbons (Fsp3) is 0.0833. The predicted octanol–water partition coefficient (Wildman–Crippen LogP) is 5.67. The molecule has 0 spiro atoms. The number of fused-ring (bicyclic) bond motifs is 2. The fourth-order valence-corrected chi connectivity index (χ4v) is 4.04. The van der Waals surface area contributed by atoms with E-state index >= 15 is 0 Å². The van der Waals surface area contributed by atoms with E-state index < -0.39 is 6.17 Å². The van der Waals surface area contributed by atoms with Gasteiger partial charge in [-0.25, -0.2) is 4.98 Å².